The molecule has 0 radical (unpaired) electrons. The van der Waals surface area contributed by atoms with Crippen molar-refractivity contribution in [3.05, 3.63) is 99.8 Å². The first-order valence-electron chi connectivity index (χ1n) is 12.9. The van der Waals surface area contributed by atoms with Gasteiger partial charge in [0.2, 0.25) is 0 Å². The average molecular weight is 621 g/mol. The van der Waals surface area contributed by atoms with Gasteiger partial charge in [0.1, 0.15) is 23.2 Å². The van der Waals surface area contributed by atoms with E-state index in [1.54, 1.807) is 22.9 Å². The zero-order chi connectivity index (χ0) is 30.6. The number of benzene rings is 3. The van der Waals surface area contributed by atoms with Gasteiger partial charge in [-0.3, -0.25) is 9.98 Å². The standard InChI is InChI=1S/C30H29ClF4N4O2S/c1-30(2,17-6-8-22(32)21(31)11-17)27-15-38-29(39(27)18-7-9-23(33)26(12-18)40-3)42-16-20-24(34)13-19(14-25(20)35)41-10-4-5-28(36)37/h6-9,11-15H,4-5,10,16H2,1-3H3,(H3,36,37). The fraction of sp³-hybridized carbons (Fsp3) is 0.267. The number of amidine groups is 1. The highest BCUT2D eigenvalue weighted by Gasteiger charge is 2.30. The molecule has 12 heteroatoms. The number of methoxy groups -OCH3 is 1. The van der Waals surface area contributed by atoms with E-state index in [0.29, 0.717) is 34.9 Å². The second-order valence-corrected chi connectivity index (χ2v) is 11.3. The molecule has 1 aromatic heterocycles. The third-order valence-corrected chi connectivity index (χ3v) is 7.99. The Morgan fingerprint density at radius 3 is 2.36 bits per heavy atom. The van der Waals surface area contributed by atoms with Crippen LogP contribution in [0.25, 0.3) is 5.69 Å². The van der Waals surface area contributed by atoms with Crippen LogP contribution in [-0.2, 0) is 11.2 Å². The predicted octanol–water partition coefficient (Wildman–Crippen LogP) is 7.80. The molecule has 0 atom stereocenters. The fourth-order valence-corrected chi connectivity index (χ4v) is 5.53. The van der Waals surface area contributed by atoms with Crippen LogP contribution < -0.4 is 15.2 Å². The predicted molar refractivity (Wildman–Crippen MR) is 156 cm³/mol. The highest BCUT2D eigenvalue weighted by Crippen LogP contribution is 2.39. The van der Waals surface area contributed by atoms with Gasteiger partial charge in [0.05, 0.1) is 42.2 Å². The zero-order valence-corrected chi connectivity index (χ0v) is 24.7. The summed E-state index contributed by atoms with van der Waals surface area (Å²) in [6.45, 7) is 3.95. The quantitative estimate of drug-likeness (QED) is 0.0555. The van der Waals surface area contributed by atoms with Crippen molar-refractivity contribution in [3.8, 4) is 17.2 Å². The van der Waals surface area contributed by atoms with E-state index in [0.717, 1.165) is 23.9 Å². The molecule has 0 aliphatic carbocycles. The van der Waals surface area contributed by atoms with Crippen LogP contribution in [0.4, 0.5) is 17.6 Å². The number of hydrogen-bond acceptors (Lipinski definition) is 5. The molecule has 0 aliphatic heterocycles. The van der Waals surface area contributed by atoms with Crippen molar-refractivity contribution in [1.29, 1.82) is 5.41 Å². The van der Waals surface area contributed by atoms with Crippen LogP contribution in [0.5, 0.6) is 11.5 Å². The normalized spacial score (nSPS) is 11.5. The molecule has 0 spiro atoms. The van der Waals surface area contributed by atoms with Gasteiger partial charge in [0.15, 0.2) is 16.7 Å². The summed E-state index contributed by atoms with van der Waals surface area (Å²) in [6, 6.07) is 10.9. The van der Waals surface area contributed by atoms with E-state index in [1.165, 1.54) is 31.4 Å². The molecular formula is C30H29ClF4N4O2S. The minimum Gasteiger partial charge on any atom is -0.494 e. The minimum absolute atomic E-state index is 0.00159. The Hall–Kier alpha value is -3.70. The van der Waals surface area contributed by atoms with Crippen LogP contribution >= 0.6 is 23.4 Å². The summed E-state index contributed by atoms with van der Waals surface area (Å²) in [4.78, 5) is 4.55. The molecule has 0 bridgehead atoms. The summed E-state index contributed by atoms with van der Waals surface area (Å²) in [6.07, 6.45) is 2.37. The fourth-order valence-electron chi connectivity index (χ4n) is 4.34. The van der Waals surface area contributed by atoms with Gasteiger partial charge in [0, 0.05) is 41.4 Å². The smallest absolute Gasteiger partial charge is 0.173 e. The highest BCUT2D eigenvalue weighted by atomic mass is 35.5. The summed E-state index contributed by atoms with van der Waals surface area (Å²) < 4.78 is 70.5. The topological polar surface area (TPSA) is 86.2 Å². The molecule has 6 nitrogen and oxygen atoms in total. The van der Waals surface area contributed by atoms with E-state index < -0.39 is 28.7 Å². The molecule has 3 N–H and O–H groups in total. The Labute approximate surface area is 250 Å². The van der Waals surface area contributed by atoms with Crippen LogP contribution in [0, 0.1) is 28.7 Å². The Morgan fingerprint density at radius 2 is 1.71 bits per heavy atom. The minimum atomic E-state index is -0.785. The number of ether oxygens (including phenoxy) is 2. The Kier molecular flexibility index (Phi) is 9.73. The van der Waals surface area contributed by atoms with Crippen LogP contribution in [-0.4, -0.2) is 29.1 Å². The SMILES string of the molecule is COc1cc(-n2c(C(C)(C)c3ccc(F)c(Cl)c3)cnc2SCc2c(F)cc(OCCCC(=N)N)cc2F)ccc1F. The first-order chi connectivity index (χ1) is 19.9. The number of aromatic nitrogens is 2. The lowest BCUT2D eigenvalue weighted by Crippen LogP contribution is -2.23. The molecule has 3 aromatic carbocycles. The van der Waals surface area contributed by atoms with Crippen LogP contribution in [0.1, 0.15) is 43.5 Å². The number of thioether (sulfide) groups is 1. The molecule has 4 rings (SSSR count). The van der Waals surface area contributed by atoms with E-state index in [2.05, 4.69) is 4.98 Å². The van der Waals surface area contributed by atoms with E-state index in [4.69, 9.17) is 32.2 Å². The molecule has 0 saturated carbocycles. The largest absolute Gasteiger partial charge is 0.494 e. The number of hydrogen-bond donors (Lipinski definition) is 2. The van der Waals surface area contributed by atoms with Gasteiger partial charge in [-0.1, -0.05) is 43.3 Å². The lowest BCUT2D eigenvalue weighted by atomic mass is 9.81. The molecule has 1 heterocycles. The van der Waals surface area contributed by atoms with Crippen molar-refractivity contribution in [2.45, 2.75) is 43.0 Å². The maximum atomic E-state index is 15.0. The first-order valence-corrected chi connectivity index (χ1v) is 14.2. The molecule has 4 aromatic rings. The van der Waals surface area contributed by atoms with Gasteiger partial charge in [0.25, 0.3) is 0 Å². The highest BCUT2D eigenvalue weighted by molar-refractivity contribution is 7.98. The van der Waals surface area contributed by atoms with Crippen LogP contribution in [0.2, 0.25) is 5.02 Å². The van der Waals surface area contributed by atoms with E-state index in [1.807, 2.05) is 13.8 Å². The van der Waals surface area contributed by atoms with E-state index >= 15 is 0 Å². The van der Waals surface area contributed by atoms with Crippen molar-refractivity contribution < 1.29 is 27.0 Å². The summed E-state index contributed by atoms with van der Waals surface area (Å²) in [5.74, 6) is -2.76. The van der Waals surface area contributed by atoms with Gasteiger partial charge < -0.3 is 15.2 Å². The number of nitrogens with two attached hydrogens (primary N) is 1. The molecule has 0 fully saturated rings. The number of nitrogens with one attached hydrogen (secondary N) is 1. The number of rotatable bonds is 12. The first kappa shape index (κ1) is 31.2. The number of imidazole rings is 1. The Morgan fingerprint density at radius 1 is 1.02 bits per heavy atom. The van der Waals surface area contributed by atoms with Crippen LogP contribution in [0.3, 0.4) is 0 Å². The second kappa shape index (κ2) is 13.1. The van der Waals surface area contributed by atoms with Crippen molar-refractivity contribution in [2.24, 2.45) is 5.73 Å². The van der Waals surface area contributed by atoms with Gasteiger partial charge in [-0.15, -0.1) is 0 Å². The van der Waals surface area contributed by atoms with Crippen molar-refractivity contribution >= 4 is 29.2 Å². The van der Waals surface area contributed by atoms with Gasteiger partial charge in [-0.05, 0) is 36.2 Å². The van der Waals surface area contributed by atoms with Crippen molar-refractivity contribution in [3.63, 3.8) is 0 Å². The monoisotopic (exact) mass is 620 g/mol. The Balaban J connectivity index is 1.69. The third-order valence-electron chi connectivity index (χ3n) is 6.72. The molecule has 0 unspecified atom stereocenters. The van der Waals surface area contributed by atoms with Gasteiger partial charge in [-0.2, -0.15) is 0 Å². The molecule has 0 saturated heterocycles. The van der Waals surface area contributed by atoms with Gasteiger partial charge in [-0.25, -0.2) is 22.5 Å². The molecule has 42 heavy (non-hydrogen) atoms. The zero-order valence-electron chi connectivity index (χ0n) is 23.1. The summed E-state index contributed by atoms with van der Waals surface area (Å²) in [5, 5.41) is 7.58. The lowest BCUT2D eigenvalue weighted by Gasteiger charge is -2.28. The summed E-state index contributed by atoms with van der Waals surface area (Å²) >= 11 is 7.16. The van der Waals surface area contributed by atoms with Crippen molar-refractivity contribution in [1.82, 2.24) is 9.55 Å². The summed E-state index contributed by atoms with van der Waals surface area (Å²) in [7, 11) is 1.35. The van der Waals surface area contributed by atoms with Crippen LogP contribution in [0.15, 0.2) is 59.9 Å². The molecule has 222 valence electrons. The maximum absolute atomic E-state index is 15.0. The molecular weight excluding hydrogens is 592 g/mol. The molecule has 0 amide bonds. The van der Waals surface area contributed by atoms with E-state index in [9.17, 15) is 17.6 Å². The third kappa shape index (κ3) is 6.84. The number of nitrogens with zero attached hydrogens (tertiary/aromatic N) is 2. The van der Waals surface area contributed by atoms with Crippen molar-refractivity contribution in [2.75, 3.05) is 13.7 Å². The lowest BCUT2D eigenvalue weighted by molar-refractivity contribution is 0.309. The Bertz CT molecular complexity index is 1590. The second-order valence-electron chi connectivity index (χ2n) is 9.97. The maximum Gasteiger partial charge on any atom is 0.173 e. The molecule has 0 aliphatic rings. The number of halogens is 5. The average Bonchev–Trinajstić information content (AvgIpc) is 3.37. The van der Waals surface area contributed by atoms with E-state index in [-0.39, 0.29) is 40.3 Å². The van der Waals surface area contributed by atoms with Gasteiger partial charge >= 0.3 is 0 Å². The summed E-state index contributed by atoms with van der Waals surface area (Å²) in [5.41, 5.74) is 6.19.